The maximum absolute atomic E-state index is 13.9. The van der Waals surface area contributed by atoms with Crippen molar-refractivity contribution in [1.29, 1.82) is 0 Å². The third-order valence-electron chi connectivity index (χ3n) is 3.03. The Morgan fingerprint density at radius 3 is 2.63 bits per heavy atom. The Bertz CT molecular complexity index is 470. The molecule has 19 heavy (non-hydrogen) atoms. The number of hydrogen-bond acceptors (Lipinski definition) is 3. The number of nitrogens with zero attached hydrogens (tertiary/aromatic N) is 1. The Morgan fingerprint density at radius 2 is 2.05 bits per heavy atom. The van der Waals surface area contributed by atoms with Crippen molar-refractivity contribution in [1.82, 2.24) is 0 Å². The minimum atomic E-state index is -1.35. The summed E-state index contributed by atoms with van der Waals surface area (Å²) in [7, 11) is 0. The fourth-order valence-electron chi connectivity index (χ4n) is 2.19. The molecule has 1 aliphatic rings. The fraction of sp³-hybridized carbons (Fsp3) is 0.462. The number of carboxylic acid groups (broad SMARTS) is 1. The maximum Gasteiger partial charge on any atom is 0.335 e. The molecule has 1 N–H and O–H groups in total. The predicted molar refractivity (Wildman–Crippen MR) is 65.6 cm³/mol. The van der Waals surface area contributed by atoms with E-state index in [4.69, 9.17) is 9.84 Å². The van der Waals surface area contributed by atoms with Gasteiger partial charge in [0, 0.05) is 19.7 Å². The van der Waals surface area contributed by atoms with Crippen LogP contribution in [0, 0.1) is 11.6 Å². The quantitative estimate of drug-likeness (QED) is 0.896. The van der Waals surface area contributed by atoms with Crippen LogP contribution in [0.15, 0.2) is 12.1 Å². The van der Waals surface area contributed by atoms with Crippen LogP contribution in [0.5, 0.6) is 0 Å². The van der Waals surface area contributed by atoms with E-state index in [2.05, 4.69) is 0 Å². The van der Waals surface area contributed by atoms with Gasteiger partial charge in [-0.1, -0.05) is 0 Å². The molecule has 0 radical (unpaired) electrons. The highest BCUT2D eigenvalue weighted by molar-refractivity contribution is 5.88. The number of carbonyl (C=O) groups is 1. The van der Waals surface area contributed by atoms with Crippen LogP contribution >= 0.6 is 0 Å². The number of carboxylic acids is 1. The first kappa shape index (κ1) is 13.7. The number of anilines is 1. The van der Waals surface area contributed by atoms with Crippen molar-refractivity contribution >= 4 is 11.7 Å². The molecule has 0 aromatic heterocycles. The molecule has 0 saturated carbocycles. The molecule has 1 atom stereocenters. The summed E-state index contributed by atoms with van der Waals surface area (Å²) in [5.74, 6) is -3.06. The molecule has 104 valence electrons. The first-order valence-corrected chi connectivity index (χ1v) is 6.08. The van der Waals surface area contributed by atoms with E-state index in [1.165, 1.54) is 0 Å². The summed E-state index contributed by atoms with van der Waals surface area (Å²) in [6.45, 7) is 3.23. The zero-order chi connectivity index (χ0) is 14.0. The number of aromatic carboxylic acids is 1. The molecule has 1 aromatic rings. The lowest BCUT2D eigenvalue weighted by atomic mass is 10.1. The number of ether oxygens (including phenoxy) is 1. The molecule has 1 fully saturated rings. The second kappa shape index (κ2) is 5.52. The summed E-state index contributed by atoms with van der Waals surface area (Å²) in [6, 6.07) is 1.69. The van der Waals surface area contributed by atoms with Gasteiger partial charge in [0.15, 0.2) is 0 Å². The predicted octanol–water partition coefficient (Wildman–Crippen LogP) is 2.28. The highest BCUT2D eigenvalue weighted by atomic mass is 19.1. The fourth-order valence-corrected chi connectivity index (χ4v) is 2.19. The Balaban J connectivity index is 2.36. The molecule has 2 rings (SSSR count). The van der Waals surface area contributed by atoms with E-state index >= 15 is 0 Å². The van der Waals surface area contributed by atoms with Crippen LogP contribution in [0.3, 0.4) is 0 Å². The minimum absolute atomic E-state index is 0.125. The van der Waals surface area contributed by atoms with Gasteiger partial charge in [0.25, 0.3) is 0 Å². The summed E-state index contributed by atoms with van der Waals surface area (Å²) in [4.78, 5) is 12.3. The number of rotatable bonds is 2. The van der Waals surface area contributed by atoms with Crippen molar-refractivity contribution in [3.63, 3.8) is 0 Å². The zero-order valence-corrected chi connectivity index (χ0v) is 10.5. The van der Waals surface area contributed by atoms with Gasteiger partial charge in [-0.05, 0) is 25.5 Å². The van der Waals surface area contributed by atoms with Crippen LogP contribution in [0.2, 0.25) is 0 Å². The molecule has 0 amide bonds. The number of halogens is 2. The van der Waals surface area contributed by atoms with Crippen molar-refractivity contribution < 1.29 is 23.4 Å². The molecule has 0 spiro atoms. The van der Waals surface area contributed by atoms with E-state index < -0.39 is 23.2 Å². The van der Waals surface area contributed by atoms with Crippen molar-refractivity contribution in [3.8, 4) is 0 Å². The lowest BCUT2D eigenvalue weighted by Gasteiger charge is -2.25. The molecule has 6 heteroatoms. The van der Waals surface area contributed by atoms with Crippen molar-refractivity contribution in [3.05, 3.63) is 29.3 Å². The summed E-state index contributed by atoms with van der Waals surface area (Å²) in [5, 5.41) is 8.76. The van der Waals surface area contributed by atoms with E-state index in [0.717, 1.165) is 12.1 Å². The molecule has 1 saturated heterocycles. The van der Waals surface area contributed by atoms with Gasteiger partial charge in [0.05, 0.1) is 11.7 Å². The van der Waals surface area contributed by atoms with Crippen molar-refractivity contribution in [2.45, 2.75) is 19.4 Å². The molecule has 1 unspecified atom stereocenters. The van der Waals surface area contributed by atoms with Crippen LogP contribution < -0.4 is 4.90 Å². The minimum Gasteiger partial charge on any atom is -0.478 e. The second-order valence-corrected chi connectivity index (χ2v) is 4.57. The molecule has 1 aliphatic heterocycles. The molecule has 4 nitrogen and oxygen atoms in total. The van der Waals surface area contributed by atoms with Crippen LogP contribution in [0.4, 0.5) is 14.5 Å². The summed E-state index contributed by atoms with van der Waals surface area (Å²) in [6.07, 6.45) is 0.546. The molecule has 1 aromatic carbocycles. The summed E-state index contributed by atoms with van der Waals surface area (Å²) < 4.78 is 33.3. The van der Waals surface area contributed by atoms with Gasteiger partial charge >= 0.3 is 5.97 Å². The summed E-state index contributed by atoms with van der Waals surface area (Å²) >= 11 is 0. The smallest absolute Gasteiger partial charge is 0.335 e. The highest BCUT2D eigenvalue weighted by Gasteiger charge is 2.23. The van der Waals surface area contributed by atoms with Crippen molar-refractivity contribution in [2.75, 3.05) is 24.6 Å². The average Bonchev–Trinajstić information content (AvgIpc) is 2.53. The van der Waals surface area contributed by atoms with Gasteiger partial charge in [-0.2, -0.15) is 0 Å². The number of benzene rings is 1. The standard InChI is InChI=1S/C13H15F2NO3/c1-8-7-16(3-2-4-19-8)12-10(14)5-9(13(17)18)6-11(12)15/h5-6,8H,2-4,7H2,1H3,(H,17,18). The third kappa shape index (κ3) is 3.01. The van der Waals surface area contributed by atoms with E-state index in [0.29, 0.717) is 26.1 Å². The Morgan fingerprint density at radius 1 is 1.42 bits per heavy atom. The molecule has 0 bridgehead atoms. The first-order chi connectivity index (χ1) is 8.99. The van der Waals surface area contributed by atoms with Gasteiger partial charge in [-0.3, -0.25) is 0 Å². The van der Waals surface area contributed by atoms with Crippen LogP contribution in [-0.2, 0) is 4.74 Å². The largest absolute Gasteiger partial charge is 0.478 e. The Kier molecular flexibility index (Phi) is 3.99. The first-order valence-electron chi connectivity index (χ1n) is 6.08. The monoisotopic (exact) mass is 271 g/mol. The molecule has 0 aliphatic carbocycles. The topological polar surface area (TPSA) is 49.8 Å². The Labute approximate surface area is 109 Å². The molecular weight excluding hydrogens is 256 g/mol. The van der Waals surface area contributed by atoms with Gasteiger partial charge in [0.1, 0.15) is 17.3 Å². The normalized spacial score (nSPS) is 20.2. The molecule has 1 heterocycles. The van der Waals surface area contributed by atoms with E-state index in [9.17, 15) is 13.6 Å². The van der Waals surface area contributed by atoms with Crippen LogP contribution in [-0.4, -0.2) is 36.9 Å². The third-order valence-corrected chi connectivity index (χ3v) is 3.03. The SMILES string of the molecule is CC1CN(c2c(F)cc(C(=O)O)cc2F)CCCO1. The lowest BCUT2D eigenvalue weighted by Crippen LogP contribution is -2.31. The number of hydrogen-bond donors (Lipinski definition) is 1. The van der Waals surface area contributed by atoms with Crippen LogP contribution in [0.25, 0.3) is 0 Å². The Hall–Kier alpha value is -1.69. The van der Waals surface area contributed by atoms with Crippen LogP contribution in [0.1, 0.15) is 23.7 Å². The van der Waals surface area contributed by atoms with Gasteiger partial charge in [-0.15, -0.1) is 0 Å². The highest BCUT2D eigenvalue weighted by Crippen LogP contribution is 2.26. The average molecular weight is 271 g/mol. The zero-order valence-electron chi connectivity index (χ0n) is 10.5. The van der Waals surface area contributed by atoms with Gasteiger partial charge in [0.2, 0.25) is 0 Å². The maximum atomic E-state index is 13.9. The van der Waals surface area contributed by atoms with E-state index in [1.807, 2.05) is 6.92 Å². The van der Waals surface area contributed by atoms with Crippen molar-refractivity contribution in [2.24, 2.45) is 0 Å². The van der Waals surface area contributed by atoms with E-state index in [-0.39, 0.29) is 11.8 Å². The van der Waals surface area contributed by atoms with E-state index in [1.54, 1.807) is 4.90 Å². The van der Waals surface area contributed by atoms with Gasteiger partial charge in [-0.25, -0.2) is 13.6 Å². The molecular formula is C13H15F2NO3. The lowest BCUT2D eigenvalue weighted by molar-refractivity contribution is 0.0695. The summed E-state index contributed by atoms with van der Waals surface area (Å²) in [5.41, 5.74) is -0.569. The second-order valence-electron chi connectivity index (χ2n) is 4.57. The van der Waals surface area contributed by atoms with Gasteiger partial charge < -0.3 is 14.7 Å².